The molecule has 0 amide bonds. The molecule has 0 aliphatic carbocycles. The van der Waals surface area contributed by atoms with E-state index in [-0.39, 0.29) is 5.22 Å². The van der Waals surface area contributed by atoms with Gasteiger partial charge in [-0.1, -0.05) is 11.8 Å². The van der Waals surface area contributed by atoms with Gasteiger partial charge in [-0.25, -0.2) is 0 Å². The third-order valence-electron chi connectivity index (χ3n) is 2.35. The van der Waals surface area contributed by atoms with Crippen molar-refractivity contribution in [3.63, 3.8) is 0 Å². The van der Waals surface area contributed by atoms with Crippen molar-refractivity contribution in [2.24, 2.45) is 0 Å². The molecule has 0 saturated carbocycles. The number of aromatic nitrogens is 2. The van der Waals surface area contributed by atoms with Gasteiger partial charge in [0.05, 0.1) is 18.3 Å². The van der Waals surface area contributed by atoms with Crippen LogP contribution in [0.1, 0.15) is 6.92 Å². The Labute approximate surface area is 113 Å². The fraction of sp³-hybridized carbons (Fsp3) is 0.250. The van der Waals surface area contributed by atoms with Crippen molar-refractivity contribution in [2.75, 3.05) is 7.11 Å². The van der Waals surface area contributed by atoms with Crippen LogP contribution in [0.4, 0.5) is 0 Å². The Balaban J connectivity index is 2.13. The van der Waals surface area contributed by atoms with Crippen LogP contribution >= 0.6 is 11.8 Å². The van der Waals surface area contributed by atoms with Gasteiger partial charge in [0.1, 0.15) is 5.75 Å². The number of carbonyl (C=O) groups is 1. The molecule has 7 heteroatoms. The van der Waals surface area contributed by atoms with E-state index in [1.54, 1.807) is 31.4 Å². The Kier molecular flexibility index (Phi) is 4.06. The molecule has 19 heavy (non-hydrogen) atoms. The zero-order valence-electron chi connectivity index (χ0n) is 10.3. The molecule has 2 aromatic rings. The summed E-state index contributed by atoms with van der Waals surface area (Å²) in [5, 5.41) is 17.7. The van der Waals surface area contributed by atoms with Crippen molar-refractivity contribution < 1.29 is 19.1 Å². The van der Waals surface area contributed by atoms with Gasteiger partial charge >= 0.3 is 0 Å². The van der Waals surface area contributed by atoms with Crippen molar-refractivity contribution in [1.29, 1.82) is 0 Å². The zero-order valence-corrected chi connectivity index (χ0v) is 11.1. The Hall–Kier alpha value is -2.02. The van der Waals surface area contributed by atoms with E-state index in [1.807, 2.05) is 0 Å². The van der Waals surface area contributed by atoms with Crippen LogP contribution in [-0.2, 0) is 4.79 Å². The molecule has 0 aliphatic heterocycles. The molecule has 1 atom stereocenters. The van der Waals surface area contributed by atoms with E-state index in [9.17, 15) is 9.90 Å². The third-order valence-corrected chi connectivity index (χ3v) is 3.27. The molecule has 6 nitrogen and oxygen atoms in total. The minimum absolute atomic E-state index is 0.197. The Morgan fingerprint density at radius 3 is 2.63 bits per heavy atom. The maximum Gasteiger partial charge on any atom is 0.277 e. The maximum atomic E-state index is 10.6. The first-order chi connectivity index (χ1) is 9.10. The highest BCUT2D eigenvalue weighted by Crippen LogP contribution is 2.26. The number of carboxylic acid groups (broad SMARTS) is 1. The van der Waals surface area contributed by atoms with Gasteiger partial charge in [-0.15, -0.1) is 10.2 Å². The predicted molar refractivity (Wildman–Crippen MR) is 66.6 cm³/mol. The summed E-state index contributed by atoms with van der Waals surface area (Å²) in [6.45, 7) is 1.50. The molecule has 0 bridgehead atoms. The lowest BCUT2D eigenvalue weighted by atomic mass is 10.2. The standard InChI is InChI=1S/C12H12N2O4S/c1-7(11(15)16)19-12-14-13-10(18-12)8-3-5-9(17-2)6-4-8/h3-7H,1-2H3,(H,15,16)/p-1/t7-/m0/s1. The second-order valence-corrected chi connectivity index (χ2v) is 4.97. The van der Waals surface area contributed by atoms with E-state index in [4.69, 9.17) is 9.15 Å². The summed E-state index contributed by atoms with van der Waals surface area (Å²) in [4.78, 5) is 10.6. The number of hydrogen-bond acceptors (Lipinski definition) is 7. The molecule has 1 heterocycles. The Morgan fingerprint density at radius 2 is 2.05 bits per heavy atom. The average Bonchev–Trinajstić information content (AvgIpc) is 2.87. The van der Waals surface area contributed by atoms with Gasteiger partial charge in [0.25, 0.3) is 5.22 Å². The van der Waals surface area contributed by atoms with Gasteiger partial charge < -0.3 is 19.1 Å². The number of ether oxygens (including phenoxy) is 1. The SMILES string of the molecule is COc1ccc(-c2nnc(S[C@@H](C)C(=O)[O-])o2)cc1. The number of carboxylic acids is 1. The van der Waals surface area contributed by atoms with Crippen LogP contribution in [0.25, 0.3) is 11.5 Å². The fourth-order valence-corrected chi connectivity index (χ4v) is 1.92. The lowest BCUT2D eigenvalue weighted by Gasteiger charge is -2.07. The van der Waals surface area contributed by atoms with Crippen LogP contribution in [-0.4, -0.2) is 28.5 Å². The largest absolute Gasteiger partial charge is 0.549 e. The molecule has 0 aliphatic rings. The first-order valence-corrected chi connectivity index (χ1v) is 6.33. The van der Waals surface area contributed by atoms with Crippen LogP contribution in [0.15, 0.2) is 33.9 Å². The first kappa shape index (κ1) is 13.4. The first-order valence-electron chi connectivity index (χ1n) is 5.45. The van der Waals surface area contributed by atoms with Crippen molar-refractivity contribution in [3.05, 3.63) is 24.3 Å². The molecule has 0 spiro atoms. The van der Waals surface area contributed by atoms with Crippen molar-refractivity contribution in [2.45, 2.75) is 17.4 Å². The monoisotopic (exact) mass is 279 g/mol. The van der Waals surface area contributed by atoms with Crippen LogP contribution < -0.4 is 9.84 Å². The minimum Gasteiger partial charge on any atom is -0.549 e. The van der Waals surface area contributed by atoms with E-state index >= 15 is 0 Å². The molecule has 1 aromatic heterocycles. The maximum absolute atomic E-state index is 10.6. The summed E-state index contributed by atoms with van der Waals surface area (Å²) in [7, 11) is 1.58. The van der Waals surface area contributed by atoms with E-state index in [2.05, 4.69) is 10.2 Å². The average molecular weight is 279 g/mol. The quantitative estimate of drug-likeness (QED) is 0.753. The number of carbonyl (C=O) groups excluding carboxylic acids is 1. The van der Waals surface area contributed by atoms with E-state index in [1.165, 1.54) is 6.92 Å². The van der Waals surface area contributed by atoms with Gasteiger partial charge in [0.2, 0.25) is 5.89 Å². The van der Waals surface area contributed by atoms with Crippen LogP contribution in [0.5, 0.6) is 5.75 Å². The van der Waals surface area contributed by atoms with Crippen LogP contribution in [0.2, 0.25) is 0 Å². The number of aliphatic carboxylic acids is 1. The van der Waals surface area contributed by atoms with E-state index < -0.39 is 11.2 Å². The fourth-order valence-electron chi connectivity index (χ4n) is 1.31. The zero-order chi connectivity index (χ0) is 13.8. The summed E-state index contributed by atoms with van der Waals surface area (Å²) in [5.41, 5.74) is 0.737. The van der Waals surface area contributed by atoms with Crippen molar-refractivity contribution in [1.82, 2.24) is 10.2 Å². The number of nitrogens with zero attached hydrogens (tertiary/aromatic N) is 2. The second kappa shape index (κ2) is 5.75. The lowest BCUT2D eigenvalue weighted by molar-refractivity contribution is -0.304. The van der Waals surface area contributed by atoms with Crippen LogP contribution in [0.3, 0.4) is 0 Å². The topological polar surface area (TPSA) is 88.3 Å². The molecular weight excluding hydrogens is 268 g/mol. The normalized spacial score (nSPS) is 12.1. The minimum atomic E-state index is -1.17. The predicted octanol–water partition coefficient (Wildman–Crippen LogP) is 0.976. The summed E-state index contributed by atoms with van der Waals surface area (Å²) >= 11 is 0.948. The van der Waals surface area contributed by atoms with Gasteiger partial charge in [-0.05, 0) is 31.2 Å². The summed E-state index contributed by atoms with van der Waals surface area (Å²) < 4.78 is 10.4. The van der Waals surface area contributed by atoms with Gasteiger partial charge in [0, 0.05) is 5.56 Å². The van der Waals surface area contributed by atoms with Gasteiger partial charge in [-0.2, -0.15) is 0 Å². The lowest BCUT2D eigenvalue weighted by Crippen LogP contribution is -2.31. The molecule has 1 aromatic carbocycles. The van der Waals surface area contributed by atoms with E-state index in [0.717, 1.165) is 23.1 Å². The highest BCUT2D eigenvalue weighted by Gasteiger charge is 2.13. The number of benzene rings is 1. The smallest absolute Gasteiger partial charge is 0.277 e. The Morgan fingerprint density at radius 1 is 1.37 bits per heavy atom. The number of hydrogen-bond donors (Lipinski definition) is 0. The summed E-state index contributed by atoms with van der Waals surface area (Å²) in [5.74, 6) is -0.117. The highest BCUT2D eigenvalue weighted by atomic mass is 32.2. The van der Waals surface area contributed by atoms with Gasteiger partial charge in [-0.3, -0.25) is 0 Å². The van der Waals surface area contributed by atoms with Crippen molar-refractivity contribution in [3.8, 4) is 17.2 Å². The Bertz CT molecular complexity index is 567. The molecule has 2 rings (SSSR count). The highest BCUT2D eigenvalue weighted by molar-refractivity contribution is 8.00. The molecule has 0 N–H and O–H groups in total. The number of rotatable bonds is 5. The summed E-state index contributed by atoms with van der Waals surface area (Å²) in [6, 6.07) is 7.11. The molecule has 0 saturated heterocycles. The third kappa shape index (κ3) is 3.25. The van der Waals surface area contributed by atoms with Gasteiger partial charge in [0.15, 0.2) is 0 Å². The molecule has 100 valence electrons. The van der Waals surface area contributed by atoms with Crippen LogP contribution in [0, 0.1) is 0 Å². The second-order valence-electron chi connectivity index (χ2n) is 3.68. The van der Waals surface area contributed by atoms with E-state index in [0.29, 0.717) is 5.89 Å². The van der Waals surface area contributed by atoms with Crippen molar-refractivity contribution >= 4 is 17.7 Å². The molecule has 0 fully saturated rings. The number of thioether (sulfide) groups is 1. The molecule has 0 unspecified atom stereocenters. The molecule has 0 radical (unpaired) electrons. The number of methoxy groups -OCH3 is 1. The molecular formula is C12H11N2O4S-. The summed E-state index contributed by atoms with van der Waals surface area (Å²) in [6.07, 6.45) is 0.